The Morgan fingerprint density at radius 2 is 1.01 bits per heavy atom. The molecule has 9 N–H and O–H groups in total. The van der Waals surface area contributed by atoms with Gasteiger partial charge in [0, 0.05) is 98.9 Å². The van der Waals surface area contributed by atoms with Crippen LogP contribution in [0.5, 0.6) is 0 Å². The molecule has 4 saturated heterocycles. The number of Topliss-reactive ketones (excluding diaryl/α,β-unsaturated/α-hetero) is 1. The zero-order valence-corrected chi connectivity index (χ0v) is 42.0. The van der Waals surface area contributed by atoms with Crippen molar-refractivity contribution in [2.45, 2.75) is 107 Å². The molecule has 4 heterocycles. The van der Waals surface area contributed by atoms with Gasteiger partial charge in [0.25, 0.3) is 17.7 Å². The molecule has 1 aromatic carbocycles. The first-order valence-corrected chi connectivity index (χ1v) is 26.4. The largest absolute Gasteiger partial charge is 0.379 e. The molecular formula is C48H77N9O13S. The Bertz CT molecular complexity index is 1740. The van der Waals surface area contributed by atoms with Crippen molar-refractivity contribution in [1.82, 2.24) is 47.9 Å². The summed E-state index contributed by atoms with van der Waals surface area (Å²) >= 11 is 1.88. The number of fused-ring (bicyclic) bond motifs is 2. The van der Waals surface area contributed by atoms with E-state index in [1.807, 2.05) is 18.7 Å². The van der Waals surface area contributed by atoms with Crippen LogP contribution >= 0.6 is 11.8 Å². The van der Waals surface area contributed by atoms with Crippen LogP contribution in [0.2, 0.25) is 0 Å². The summed E-state index contributed by atoms with van der Waals surface area (Å²) in [6, 6.07) is 4.91. The van der Waals surface area contributed by atoms with Crippen molar-refractivity contribution in [3.8, 4) is 0 Å². The van der Waals surface area contributed by atoms with Crippen molar-refractivity contribution < 1.29 is 62.0 Å². The highest BCUT2D eigenvalue weighted by Crippen LogP contribution is 2.33. The molecule has 1 aromatic rings. The van der Waals surface area contributed by atoms with E-state index in [0.29, 0.717) is 90.3 Å². The smallest absolute Gasteiger partial charge is 0.315 e. The molecule has 0 aliphatic carbocycles. The molecule has 22 nitrogen and oxygen atoms in total. The lowest BCUT2D eigenvalue weighted by atomic mass is 10.0. The third-order valence-corrected chi connectivity index (χ3v) is 13.8. The number of rotatable bonds is 39. The molecule has 5 rings (SSSR count). The first kappa shape index (κ1) is 57.3. The lowest BCUT2D eigenvalue weighted by Crippen LogP contribution is -2.40. The molecule has 71 heavy (non-hydrogen) atoms. The van der Waals surface area contributed by atoms with Gasteiger partial charge in [-0.05, 0) is 57.2 Å². The quantitative estimate of drug-likeness (QED) is 0.0326. The summed E-state index contributed by atoms with van der Waals surface area (Å²) in [5.41, 5.74) is 0.365. The summed E-state index contributed by atoms with van der Waals surface area (Å²) in [5, 5.41) is 26.8. The number of carbonyl (C=O) groups excluding carboxylic acids is 7. The second kappa shape index (κ2) is 33.2. The van der Waals surface area contributed by atoms with Crippen LogP contribution < -0.4 is 47.9 Å². The van der Waals surface area contributed by atoms with Gasteiger partial charge < -0.3 is 76.3 Å². The zero-order valence-electron chi connectivity index (χ0n) is 41.2. The van der Waals surface area contributed by atoms with Gasteiger partial charge in [0.05, 0.1) is 90.2 Å². The first-order chi connectivity index (χ1) is 34.6. The maximum absolute atomic E-state index is 13.2. The second-order valence-corrected chi connectivity index (χ2v) is 19.0. The predicted octanol–water partition coefficient (Wildman–Crippen LogP) is 0.769. The number of benzene rings is 1. The monoisotopic (exact) mass is 1020 g/mol. The van der Waals surface area contributed by atoms with Crippen LogP contribution in [-0.4, -0.2) is 195 Å². The molecular weight excluding hydrogens is 943 g/mol. The molecule has 0 bridgehead atoms. The van der Waals surface area contributed by atoms with Crippen molar-refractivity contribution in [3.05, 3.63) is 34.9 Å². The van der Waals surface area contributed by atoms with E-state index in [4.69, 9.17) is 28.4 Å². The fraction of sp³-hybridized carbons (Fsp3) is 0.729. The van der Waals surface area contributed by atoms with Gasteiger partial charge in [-0.25, -0.2) is 9.59 Å². The third-order valence-electron chi connectivity index (χ3n) is 12.3. The van der Waals surface area contributed by atoms with Gasteiger partial charge in [-0.2, -0.15) is 11.8 Å². The van der Waals surface area contributed by atoms with Gasteiger partial charge in [-0.3, -0.25) is 24.0 Å². The number of urea groups is 2. The average Bonchev–Trinajstić information content (AvgIpc) is 4.13. The van der Waals surface area contributed by atoms with Gasteiger partial charge >= 0.3 is 12.1 Å². The second-order valence-electron chi connectivity index (χ2n) is 17.7. The highest BCUT2D eigenvalue weighted by molar-refractivity contribution is 8.00. The standard InChI is InChI=1S/C48H77N9O13S/c1-2-65-22-23-68-19-14-50-44(60)33-28-34(45(61)51-15-20-69-25-24-66-17-7-9-36(58)8-3-5-11-40-43-39(32-71-40)55-48(64)57-43)30-35(29-33)46(62)52-16-21-70-27-26-67-18-13-49-41(59)12-6-4-10-37-42-38(31-53-37)54-47(63)56-42/h28-30,37-40,42-43,53H,2-27,31-32H2,1H3,(H,49,59)(H,50,60)(H,51,61)(H,52,62)(H2,54,56,63)(H2,55,57,64). The predicted molar refractivity (Wildman–Crippen MR) is 265 cm³/mol. The number of ketones is 1. The van der Waals surface area contributed by atoms with E-state index in [1.54, 1.807) is 0 Å². The van der Waals surface area contributed by atoms with E-state index in [0.717, 1.165) is 50.8 Å². The number of thioether (sulfide) groups is 1. The highest BCUT2D eigenvalue weighted by Gasteiger charge is 2.43. The van der Waals surface area contributed by atoms with Crippen LogP contribution in [0.3, 0.4) is 0 Å². The molecule has 0 aromatic heterocycles. The molecule has 4 aliphatic heterocycles. The van der Waals surface area contributed by atoms with E-state index in [-0.39, 0.29) is 117 Å². The Balaban J connectivity index is 0.894. The molecule has 4 fully saturated rings. The van der Waals surface area contributed by atoms with Crippen LogP contribution in [0.15, 0.2) is 18.2 Å². The molecule has 398 valence electrons. The number of ether oxygens (including phenoxy) is 6. The number of hydrogen-bond acceptors (Lipinski definition) is 15. The van der Waals surface area contributed by atoms with Gasteiger partial charge in [-0.1, -0.05) is 12.8 Å². The first-order valence-electron chi connectivity index (χ1n) is 25.3. The number of unbranched alkanes of at least 4 members (excludes halogenated alkanes) is 2. The number of hydrogen-bond donors (Lipinski definition) is 9. The summed E-state index contributed by atoms with van der Waals surface area (Å²) in [5.74, 6) is -0.340. The minimum atomic E-state index is -0.494. The van der Waals surface area contributed by atoms with Crippen molar-refractivity contribution in [3.63, 3.8) is 0 Å². The van der Waals surface area contributed by atoms with E-state index in [1.165, 1.54) is 18.2 Å². The summed E-state index contributed by atoms with van der Waals surface area (Å²) in [6.45, 7) is 7.62. The minimum Gasteiger partial charge on any atom is -0.379 e. The summed E-state index contributed by atoms with van der Waals surface area (Å²) in [7, 11) is 0. The normalized spacial score (nSPS) is 20.9. The lowest BCUT2D eigenvalue weighted by molar-refractivity contribution is -0.121. The van der Waals surface area contributed by atoms with Crippen LogP contribution in [0.4, 0.5) is 9.59 Å². The molecule has 6 atom stereocenters. The highest BCUT2D eigenvalue weighted by atomic mass is 32.2. The molecule has 0 spiro atoms. The number of carbonyl (C=O) groups is 7. The van der Waals surface area contributed by atoms with Crippen molar-refractivity contribution in [1.29, 1.82) is 0 Å². The van der Waals surface area contributed by atoms with E-state index < -0.39 is 17.7 Å². The topological polar surface area (TPSA) is 283 Å². The summed E-state index contributed by atoms with van der Waals surface area (Å²) in [4.78, 5) is 87.3. The summed E-state index contributed by atoms with van der Waals surface area (Å²) in [6.07, 6.45) is 7.38. The lowest BCUT2D eigenvalue weighted by Gasteiger charge is -2.17. The molecule has 6 unspecified atom stereocenters. The van der Waals surface area contributed by atoms with Crippen LogP contribution in [0, 0.1) is 0 Å². The zero-order chi connectivity index (χ0) is 50.5. The maximum Gasteiger partial charge on any atom is 0.315 e. The Kier molecular flexibility index (Phi) is 26.8. The van der Waals surface area contributed by atoms with Gasteiger partial charge in [-0.15, -0.1) is 0 Å². The number of amides is 8. The van der Waals surface area contributed by atoms with Gasteiger partial charge in [0.2, 0.25) is 5.91 Å². The van der Waals surface area contributed by atoms with E-state index in [2.05, 4.69) is 47.9 Å². The molecule has 23 heteroatoms. The maximum atomic E-state index is 13.2. The van der Waals surface area contributed by atoms with Crippen LogP contribution in [-0.2, 0) is 38.0 Å². The minimum absolute atomic E-state index is 0.0374. The SMILES string of the molecule is CCOCCOCCNC(=O)c1cc(C(=O)NCCOCCOCCCC(=O)CCCCC2SCC3NC(=O)NC32)cc(C(=O)NCCOCCOCCNC(=O)CCCCC2NCC3NC(=O)NC23)c1. The fourth-order valence-electron chi connectivity index (χ4n) is 8.65. The summed E-state index contributed by atoms with van der Waals surface area (Å²) < 4.78 is 33.1. The molecule has 8 amide bonds. The van der Waals surface area contributed by atoms with Crippen LogP contribution in [0.1, 0.15) is 102 Å². The van der Waals surface area contributed by atoms with E-state index >= 15 is 0 Å². The third kappa shape index (κ3) is 21.6. The van der Waals surface area contributed by atoms with E-state index in [9.17, 15) is 33.6 Å². The Morgan fingerprint density at radius 1 is 0.535 bits per heavy atom. The van der Waals surface area contributed by atoms with Crippen molar-refractivity contribution in [2.75, 3.05) is 118 Å². The van der Waals surface area contributed by atoms with Gasteiger partial charge in [0.15, 0.2) is 0 Å². The Hall–Kier alpha value is -4.62. The fourth-order valence-corrected chi connectivity index (χ4v) is 10.2. The van der Waals surface area contributed by atoms with Crippen molar-refractivity contribution >= 4 is 53.2 Å². The average molecular weight is 1020 g/mol. The Labute approximate surface area is 421 Å². The van der Waals surface area contributed by atoms with Crippen molar-refractivity contribution in [2.24, 2.45) is 0 Å². The van der Waals surface area contributed by atoms with Crippen LogP contribution in [0.25, 0.3) is 0 Å². The molecule has 0 radical (unpaired) electrons. The Morgan fingerprint density at radius 3 is 1.59 bits per heavy atom. The molecule has 4 aliphatic rings. The molecule has 0 saturated carbocycles. The van der Waals surface area contributed by atoms with Gasteiger partial charge in [0.1, 0.15) is 5.78 Å². The number of nitrogens with one attached hydrogen (secondary N) is 9.